The highest BCUT2D eigenvalue weighted by atomic mass is 19.1. The van der Waals surface area contributed by atoms with E-state index in [4.69, 9.17) is 14.2 Å². The molecule has 0 aliphatic heterocycles. The molecule has 0 radical (unpaired) electrons. The van der Waals surface area contributed by atoms with E-state index in [-0.39, 0.29) is 18.8 Å². The highest BCUT2D eigenvalue weighted by molar-refractivity contribution is 5.72. The summed E-state index contributed by atoms with van der Waals surface area (Å²) in [6.07, 6.45) is 4.42. The molecule has 1 saturated carbocycles. The summed E-state index contributed by atoms with van der Waals surface area (Å²) in [6, 6.07) is 13.0. The molecule has 1 N–H and O–H groups in total. The highest BCUT2D eigenvalue weighted by Crippen LogP contribution is 2.25. The van der Waals surface area contributed by atoms with Crippen LogP contribution in [0.3, 0.4) is 0 Å². The predicted molar refractivity (Wildman–Crippen MR) is 129 cm³/mol. The van der Waals surface area contributed by atoms with Crippen molar-refractivity contribution in [1.29, 1.82) is 0 Å². The van der Waals surface area contributed by atoms with Crippen LogP contribution in [0, 0.1) is 11.7 Å². The largest absolute Gasteiger partial charge is 0.492 e. The van der Waals surface area contributed by atoms with Gasteiger partial charge in [-0.05, 0) is 55.5 Å². The first-order valence-electron chi connectivity index (χ1n) is 12.2. The van der Waals surface area contributed by atoms with Crippen molar-refractivity contribution in [3.63, 3.8) is 0 Å². The lowest BCUT2D eigenvalue weighted by Crippen LogP contribution is -2.40. The van der Waals surface area contributed by atoms with Crippen molar-refractivity contribution >= 4 is 12.1 Å². The molecule has 0 heterocycles. The quantitative estimate of drug-likeness (QED) is 0.436. The lowest BCUT2D eigenvalue weighted by atomic mass is 9.89. The molecule has 1 aliphatic rings. The van der Waals surface area contributed by atoms with Crippen LogP contribution < -0.4 is 9.47 Å². The molecule has 2 aromatic carbocycles. The number of rotatable bonds is 12. The normalized spacial score (nSPS) is 14.8. The van der Waals surface area contributed by atoms with Crippen LogP contribution in [0.15, 0.2) is 48.5 Å². The molecule has 3 rings (SSSR count). The number of carbonyl (C=O) groups is 2. The third kappa shape index (κ3) is 8.55. The molecule has 1 fully saturated rings. The van der Waals surface area contributed by atoms with E-state index in [9.17, 15) is 19.1 Å². The maximum absolute atomic E-state index is 14.0. The summed E-state index contributed by atoms with van der Waals surface area (Å²) in [5.41, 5.74) is 0.825. The van der Waals surface area contributed by atoms with E-state index in [2.05, 4.69) is 0 Å². The Morgan fingerprint density at radius 2 is 1.80 bits per heavy atom. The van der Waals surface area contributed by atoms with Crippen LogP contribution >= 0.6 is 0 Å². The number of ether oxygens (including phenoxy) is 3. The number of aliphatic carboxylic acids is 1. The zero-order valence-electron chi connectivity index (χ0n) is 20.2. The van der Waals surface area contributed by atoms with Crippen molar-refractivity contribution < 1.29 is 33.3 Å². The van der Waals surface area contributed by atoms with Crippen molar-refractivity contribution in [2.75, 3.05) is 26.3 Å². The summed E-state index contributed by atoms with van der Waals surface area (Å²) in [4.78, 5) is 25.7. The Balaban J connectivity index is 1.56. The van der Waals surface area contributed by atoms with Gasteiger partial charge in [-0.25, -0.2) is 14.0 Å². The number of para-hydroxylation sites is 1. The summed E-state index contributed by atoms with van der Waals surface area (Å²) in [6.45, 7) is 3.18. The average molecular weight is 488 g/mol. The number of carboxylic acids is 1. The molecular weight excluding hydrogens is 453 g/mol. The molecule has 1 amide bonds. The number of nitrogens with zero attached hydrogens (tertiary/aromatic N) is 1. The van der Waals surface area contributed by atoms with E-state index in [1.807, 2.05) is 0 Å². The predicted octanol–water partition coefficient (Wildman–Crippen LogP) is 5.32. The molecule has 1 aliphatic carbocycles. The van der Waals surface area contributed by atoms with Crippen LogP contribution in [0.1, 0.15) is 44.6 Å². The molecule has 1 unspecified atom stereocenters. The second kappa shape index (κ2) is 13.7. The van der Waals surface area contributed by atoms with Crippen LogP contribution in [0.2, 0.25) is 0 Å². The standard InChI is InChI=1S/C27H34FNO6/c1-2-33-25(26(30)31)18-20-12-14-22(15-13-20)34-17-16-29(19-21-8-4-3-5-9-21)27(32)35-24-11-7-6-10-23(24)28/h6-7,10-15,21,25H,2-5,8-9,16-19H2,1H3,(H,30,31). The second-order valence-electron chi connectivity index (χ2n) is 8.73. The Morgan fingerprint density at radius 1 is 1.09 bits per heavy atom. The van der Waals surface area contributed by atoms with Gasteiger partial charge < -0.3 is 24.2 Å². The van der Waals surface area contributed by atoms with Crippen LogP contribution in [0.5, 0.6) is 11.5 Å². The molecular formula is C27H34FNO6. The van der Waals surface area contributed by atoms with Gasteiger partial charge in [0.1, 0.15) is 12.4 Å². The molecule has 0 saturated heterocycles. The Bertz CT molecular complexity index is 945. The smallest absolute Gasteiger partial charge is 0.415 e. The molecule has 7 nitrogen and oxygen atoms in total. The molecule has 2 aromatic rings. The van der Waals surface area contributed by atoms with Crippen molar-refractivity contribution in [1.82, 2.24) is 4.90 Å². The number of amides is 1. The Hall–Kier alpha value is -3.13. The molecule has 1 atom stereocenters. The molecule has 0 aromatic heterocycles. The maximum Gasteiger partial charge on any atom is 0.415 e. The summed E-state index contributed by atoms with van der Waals surface area (Å²) in [5, 5.41) is 9.25. The number of hydrogen-bond acceptors (Lipinski definition) is 5. The number of benzene rings is 2. The Labute approximate surface area is 205 Å². The van der Waals surface area contributed by atoms with E-state index >= 15 is 0 Å². The topological polar surface area (TPSA) is 85.3 Å². The van der Waals surface area contributed by atoms with E-state index in [1.165, 1.54) is 18.6 Å². The molecule has 35 heavy (non-hydrogen) atoms. The number of hydrogen-bond donors (Lipinski definition) is 1. The first kappa shape index (κ1) is 26.5. The van der Waals surface area contributed by atoms with Crippen LogP contribution in [0.4, 0.5) is 9.18 Å². The van der Waals surface area contributed by atoms with Gasteiger partial charge in [0.25, 0.3) is 0 Å². The average Bonchev–Trinajstić information content (AvgIpc) is 2.86. The maximum atomic E-state index is 14.0. The van der Waals surface area contributed by atoms with Gasteiger partial charge in [0.05, 0.1) is 6.54 Å². The fourth-order valence-electron chi connectivity index (χ4n) is 4.25. The lowest BCUT2D eigenvalue weighted by Gasteiger charge is -2.29. The second-order valence-corrected chi connectivity index (χ2v) is 8.73. The third-order valence-electron chi connectivity index (χ3n) is 6.11. The van der Waals surface area contributed by atoms with Gasteiger partial charge >= 0.3 is 12.1 Å². The Morgan fingerprint density at radius 3 is 2.46 bits per heavy atom. The lowest BCUT2D eigenvalue weighted by molar-refractivity contribution is -0.149. The number of carboxylic acid groups (broad SMARTS) is 1. The van der Waals surface area contributed by atoms with Gasteiger partial charge in [-0.15, -0.1) is 0 Å². The van der Waals surface area contributed by atoms with Gasteiger partial charge in [0, 0.05) is 19.6 Å². The fourth-order valence-corrected chi connectivity index (χ4v) is 4.25. The molecule has 8 heteroatoms. The zero-order chi connectivity index (χ0) is 25.0. The van der Waals surface area contributed by atoms with Gasteiger partial charge in [-0.1, -0.05) is 43.5 Å². The minimum absolute atomic E-state index is 0.0885. The van der Waals surface area contributed by atoms with Gasteiger partial charge in [-0.3, -0.25) is 0 Å². The first-order chi connectivity index (χ1) is 17.0. The zero-order valence-corrected chi connectivity index (χ0v) is 20.2. The van der Waals surface area contributed by atoms with Gasteiger partial charge in [0.15, 0.2) is 17.7 Å². The summed E-state index contributed by atoms with van der Waals surface area (Å²) < 4.78 is 30.4. The van der Waals surface area contributed by atoms with Gasteiger partial charge in [-0.2, -0.15) is 0 Å². The van der Waals surface area contributed by atoms with Crippen LogP contribution in [0.25, 0.3) is 0 Å². The summed E-state index contributed by atoms with van der Waals surface area (Å²) >= 11 is 0. The molecule has 0 spiro atoms. The van der Waals surface area contributed by atoms with Crippen molar-refractivity contribution in [3.05, 3.63) is 59.9 Å². The SMILES string of the molecule is CCOC(Cc1ccc(OCCN(CC2CCCCC2)C(=O)Oc2ccccc2F)cc1)C(=O)O. The van der Waals surface area contributed by atoms with Crippen molar-refractivity contribution in [2.45, 2.75) is 51.6 Å². The summed E-state index contributed by atoms with van der Waals surface area (Å²) in [5.74, 6) is -0.660. The minimum Gasteiger partial charge on any atom is -0.492 e. The fraction of sp³-hybridized carbons (Fsp3) is 0.481. The third-order valence-corrected chi connectivity index (χ3v) is 6.11. The number of carbonyl (C=O) groups excluding carboxylic acids is 1. The highest BCUT2D eigenvalue weighted by Gasteiger charge is 2.23. The minimum atomic E-state index is -0.993. The van der Waals surface area contributed by atoms with E-state index < -0.39 is 24.0 Å². The first-order valence-corrected chi connectivity index (χ1v) is 12.2. The van der Waals surface area contributed by atoms with E-state index in [0.29, 0.717) is 31.4 Å². The van der Waals surface area contributed by atoms with Crippen molar-refractivity contribution in [2.24, 2.45) is 5.92 Å². The van der Waals surface area contributed by atoms with E-state index in [1.54, 1.807) is 48.2 Å². The Kier molecular flexibility index (Phi) is 10.3. The summed E-state index contributed by atoms with van der Waals surface area (Å²) in [7, 11) is 0. The van der Waals surface area contributed by atoms with Crippen LogP contribution in [-0.4, -0.2) is 54.5 Å². The van der Waals surface area contributed by atoms with E-state index in [0.717, 1.165) is 31.2 Å². The van der Waals surface area contributed by atoms with Crippen LogP contribution in [-0.2, 0) is 16.0 Å². The number of halogens is 1. The molecule has 190 valence electrons. The molecule has 0 bridgehead atoms. The van der Waals surface area contributed by atoms with Gasteiger partial charge in [0.2, 0.25) is 0 Å². The monoisotopic (exact) mass is 487 g/mol. The van der Waals surface area contributed by atoms with Crippen molar-refractivity contribution in [3.8, 4) is 11.5 Å².